The quantitative estimate of drug-likeness (QED) is 0.774. The summed E-state index contributed by atoms with van der Waals surface area (Å²) in [6.07, 6.45) is 1.99. The van der Waals surface area contributed by atoms with E-state index in [0.29, 0.717) is 5.75 Å². The second kappa shape index (κ2) is 3.81. The highest BCUT2D eigenvalue weighted by Crippen LogP contribution is 2.38. The number of aliphatic hydroxyl groups excluding tert-OH is 1. The van der Waals surface area contributed by atoms with Crippen LogP contribution in [0.4, 0.5) is 0 Å². The van der Waals surface area contributed by atoms with Crippen molar-refractivity contribution in [3.05, 3.63) is 23.1 Å². The van der Waals surface area contributed by atoms with E-state index in [1.807, 2.05) is 17.7 Å². The van der Waals surface area contributed by atoms with E-state index in [0.717, 1.165) is 20.5 Å². The molecule has 2 rings (SSSR count). The summed E-state index contributed by atoms with van der Waals surface area (Å²) in [5.41, 5.74) is 0.894. The Hall–Kier alpha value is -0.710. The maximum atomic E-state index is 9.62. The average Bonchev–Trinajstić information content (AvgIpc) is 2.63. The third kappa shape index (κ3) is 1.39. The van der Waals surface area contributed by atoms with Crippen LogP contribution in [0, 0.1) is 0 Å². The topological polar surface area (TPSA) is 40.5 Å². The fraction of sp³-hybridized carbons (Fsp3) is 0.200. The summed E-state index contributed by atoms with van der Waals surface area (Å²) in [7, 11) is 0. The normalized spacial score (nSPS) is 11.0. The Kier molecular flexibility index (Phi) is 2.67. The van der Waals surface area contributed by atoms with E-state index in [4.69, 9.17) is 5.11 Å². The van der Waals surface area contributed by atoms with Gasteiger partial charge in [0.25, 0.3) is 0 Å². The van der Waals surface area contributed by atoms with Gasteiger partial charge in [0.1, 0.15) is 5.75 Å². The Morgan fingerprint density at radius 3 is 2.86 bits per heavy atom. The molecule has 1 aromatic carbocycles. The van der Waals surface area contributed by atoms with Gasteiger partial charge in [-0.1, -0.05) is 0 Å². The molecule has 4 heteroatoms. The van der Waals surface area contributed by atoms with Crippen molar-refractivity contribution in [2.45, 2.75) is 11.5 Å². The average molecular weight is 226 g/mol. The Balaban J connectivity index is 2.82. The molecule has 0 fully saturated rings. The SMILES string of the molecule is CSc1ccc(O)c2scc(CO)c12. The lowest BCUT2D eigenvalue weighted by atomic mass is 10.2. The fourth-order valence-corrected chi connectivity index (χ4v) is 3.16. The van der Waals surface area contributed by atoms with Gasteiger partial charge in [-0.2, -0.15) is 0 Å². The molecule has 0 aliphatic carbocycles. The highest BCUT2D eigenvalue weighted by Gasteiger charge is 2.10. The molecule has 2 nitrogen and oxygen atoms in total. The Labute approximate surface area is 90.2 Å². The first kappa shape index (κ1) is 9.83. The highest BCUT2D eigenvalue weighted by atomic mass is 32.2. The Morgan fingerprint density at radius 2 is 2.21 bits per heavy atom. The second-order valence-corrected chi connectivity index (χ2v) is 4.64. The lowest BCUT2D eigenvalue weighted by molar-refractivity contribution is 0.283. The van der Waals surface area contributed by atoms with Crippen LogP contribution < -0.4 is 0 Å². The van der Waals surface area contributed by atoms with Crippen LogP contribution in [0.2, 0.25) is 0 Å². The molecule has 2 aromatic rings. The first-order valence-electron chi connectivity index (χ1n) is 4.14. The number of benzene rings is 1. The molecular formula is C10H10O2S2. The van der Waals surface area contributed by atoms with Gasteiger partial charge in [-0.25, -0.2) is 0 Å². The van der Waals surface area contributed by atoms with Crippen LogP contribution in [-0.4, -0.2) is 16.5 Å². The van der Waals surface area contributed by atoms with Gasteiger partial charge in [-0.3, -0.25) is 0 Å². The zero-order valence-corrected chi connectivity index (χ0v) is 9.28. The van der Waals surface area contributed by atoms with Gasteiger partial charge in [0.05, 0.1) is 11.3 Å². The summed E-state index contributed by atoms with van der Waals surface area (Å²) in [4.78, 5) is 1.10. The molecule has 0 atom stereocenters. The van der Waals surface area contributed by atoms with Gasteiger partial charge >= 0.3 is 0 Å². The molecule has 0 saturated heterocycles. The van der Waals surface area contributed by atoms with Gasteiger partial charge in [0.15, 0.2) is 0 Å². The molecule has 0 aliphatic rings. The maximum absolute atomic E-state index is 9.62. The van der Waals surface area contributed by atoms with Crippen LogP contribution in [0.1, 0.15) is 5.56 Å². The lowest BCUT2D eigenvalue weighted by Gasteiger charge is -2.02. The van der Waals surface area contributed by atoms with Gasteiger partial charge in [-0.05, 0) is 29.3 Å². The molecule has 1 aromatic heterocycles. The first-order valence-corrected chi connectivity index (χ1v) is 6.25. The summed E-state index contributed by atoms with van der Waals surface area (Å²) in [6, 6.07) is 3.58. The molecular weight excluding hydrogens is 216 g/mol. The van der Waals surface area contributed by atoms with Gasteiger partial charge in [-0.15, -0.1) is 23.1 Å². The van der Waals surface area contributed by atoms with Crippen molar-refractivity contribution in [3.63, 3.8) is 0 Å². The van der Waals surface area contributed by atoms with Crippen LogP contribution in [0.15, 0.2) is 22.4 Å². The number of thiophene rings is 1. The van der Waals surface area contributed by atoms with Crippen molar-refractivity contribution < 1.29 is 10.2 Å². The van der Waals surface area contributed by atoms with E-state index in [1.54, 1.807) is 17.8 Å². The monoisotopic (exact) mass is 226 g/mol. The molecule has 0 bridgehead atoms. The zero-order chi connectivity index (χ0) is 10.1. The van der Waals surface area contributed by atoms with Crippen LogP contribution in [0.25, 0.3) is 10.1 Å². The van der Waals surface area contributed by atoms with Crippen LogP contribution >= 0.6 is 23.1 Å². The first-order chi connectivity index (χ1) is 6.77. The van der Waals surface area contributed by atoms with E-state index in [2.05, 4.69) is 0 Å². The number of aliphatic hydroxyl groups is 1. The minimum absolute atomic E-state index is 0.0248. The number of phenols is 1. The van der Waals surface area contributed by atoms with Gasteiger partial charge in [0.2, 0.25) is 0 Å². The van der Waals surface area contributed by atoms with E-state index in [-0.39, 0.29) is 6.61 Å². The number of hydrogen-bond donors (Lipinski definition) is 2. The minimum atomic E-state index is 0.0248. The number of fused-ring (bicyclic) bond motifs is 1. The van der Waals surface area contributed by atoms with Crippen LogP contribution in [0.5, 0.6) is 5.75 Å². The van der Waals surface area contributed by atoms with E-state index in [9.17, 15) is 5.11 Å². The molecule has 0 amide bonds. The van der Waals surface area contributed by atoms with Crippen molar-refractivity contribution in [1.29, 1.82) is 0 Å². The molecule has 0 spiro atoms. The largest absolute Gasteiger partial charge is 0.506 e. The molecule has 0 unspecified atom stereocenters. The molecule has 74 valence electrons. The van der Waals surface area contributed by atoms with Crippen molar-refractivity contribution >= 4 is 33.2 Å². The number of hydrogen-bond acceptors (Lipinski definition) is 4. The highest BCUT2D eigenvalue weighted by molar-refractivity contribution is 7.98. The van der Waals surface area contributed by atoms with Crippen LogP contribution in [-0.2, 0) is 6.61 Å². The molecule has 1 heterocycles. The van der Waals surface area contributed by atoms with Gasteiger partial charge < -0.3 is 10.2 Å². The summed E-state index contributed by atoms with van der Waals surface area (Å²) in [6.45, 7) is 0.0248. The summed E-state index contributed by atoms with van der Waals surface area (Å²) in [5, 5.41) is 21.7. The predicted octanol–water partition coefficient (Wildman–Crippen LogP) is 2.82. The zero-order valence-electron chi connectivity index (χ0n) is 7.65. The van der Waals surface area contributed by atoms with Crippen molar-refractivity contribution in [3.8, 4) is 5.75 Å². The molecule has 0 aliphatic heterocycles. The van der Waals surface area contributed by atoms with Crippen molar-refractivity contribution in [2.24, 2.45) is 0 Å². The minimum Gasteiger partial charge on any atom is -0.506 e. The maximum Gasteiger partial charge on any atom is 0.133 e. The van der Waals surface area contributed by atoms with E-state index >= 15 is 0 Å². The smallest absolute Gasteiger partial charge is 0.133 e. The standard InChI is InChI=1S/C10H10O2S2/c1-13-8-3-2-7(12)10-9(8)6(4-11)5-14-10/h2-3,5,11-12H,4H2,1H3. The van der Waals surface area contributed by atoms with Crippen molar-refractivity contribution in [1.82, 2.24) is 0 Å². The van der Waals surface area contributed by atoms with Crippen LogP contribution in [0.3, 0.4) is 0 Å². The fourth-order valence-electron chi connectivity index (χ4n) is 1.45. The third-order valence-corrected chi connectivity index (χ3v) is 3.96. The van der Waals surface area contributed by atoms with Gasteiger partial charge in [0, 0.05) is 10.3 Å². The second-order valence-electron chi connectivity index (χ2n) is 2.91. The number of thioether (sulfide) groups is 1. The number of aromatic hydroxyl groups is 1. The predicted molar refractivity (Wildman–Crippen MR) is 61.2 cm³/mol. The Bertz CT molecular complexity index is 462. The van der Waals surface area contributed by atoms with E-state index in [1.165, 1.54) is 11.3 Å². The lowest BCUT2D eigenvalue weighted by Crippen LogP contribution is -1.81. The molecule has 2 N–H and O–H groups in total. The Morgan fingerprint density at radius 1 is 1.43 bits per heavy atom. The molecule has 0 saturated carbocycles. The van der Waals surface area contributed by atoms with E-state index < -0.39 is 0 Å². The van der Waals surface area contributed by atoms with Crippen molar-refractivity contribution in [2.75, 3.05) is 6.26 Å². The summed E-state index contributed by atoms with van der Waals surface area (Å²) >= 11 is 3.10. The molecule has 14 heavy (non-hydrogen) atoms. The number of phenolic OH excluding ortho intramolecular Hbond substituents is 1. The molecule has 0 radical (unpaired) electrons. The summed E-state index contributed by atoms with van der Waals surface area (Å²) < 4.78 is 0.862. The third-order valence-electron chi connectivity index (χ3n) is 2.13. The number of rotatable bonds is 2. The summed E-state index contributed by atoms with van der Waals surface area (Å²) in [5.74, 6) is 0.294.